The van der Waals surface area contributed by atoms with Gasteiger partial charge < -0.3 is 24.8 Å². The number of nitrogens with two attached hydrogens (primary N) is 1. The first-order valence-corrected chi connectivity index (χ1v) is 9.48. The molecule has 2 rings (SSSR count). The second-order valence-electron chi connectivity index (χ2n) is 6.84. The monoisotopic (exact) mass is 398 g/mol. The van der Waals surface area contributed by atoms with Crippen molar-refractivity contribution in [3.63, 3.8) is 0 Å². The van der Waals surface area contributed by atoms with Gasteiger partial charge in [0.25, 0.3) is 0 Å². The van der Waals surface area contributed by atoms with E-state index in [4.69, 9.17) is 19.9 Å². The van der Waals surface area contributed by atoms with Crippen LogP contribution < -0.4 is 24.8 Å². The van der Waals surface area contributed by atoms with Gasteiger partial charge in [-0.25, -0.2) is 0 Å². The number of hydrogen-bond donors (Lipinski definition) is 1. The Morgan fingerprint density at radius 1 is 1.03 bits per heavy atom. The molecule has 0 atom stereocenters. The van der Waals surface area contributed by atoms with Gasteiger partial charge in [0.15, 0.2) is 17.3 Å². The predicted octanol–water partition coefficient (Wildman–Crippen LogP) is 4.43. The average Bonchev–Trinajstić information content (AvgIpc) is 2.71. The number of Topliss-reactive ketones (excluding diaryl/α,β-unsaturated/α-hetero) is 1. The molecule has 0 radical (unpaired) electrons. The van der Waals surface area contributed by atoms with Crippen molar-refractivity contribution in [3.8, 4) is 17.2 Å². The highest BCUT2D eigenvalue weighted by Gasteiger charge is 2.18. The molecule has 0 aliphatic heterocycles. The summed E-state index contributed by atoms with van der Waals surface area (Å²) in [6, 6.07) is 9.05. The fourth-order valence-electron chi connectivity index (χ4n) is 3.23. The van der Waals surface area contributed by atoms with Crippen LogP contribution in [0.2, 0.25) is 0 Å². The van der Waals surface area contributed by atoms with Gasteiger partial charge in [0.1, 0.15) is 0 Å². The Morgan fingerprint density at radius 3 is 2.24 bits per heavy atom. The zero-order chi connectivity index (χ0) is 21.6. The summed E-state index contributed by atoms with van der Waals surface area (Å²) in [5, 5.41) is 0. The molecule has 0 unspecified atom stereocenters. The van der Waals surface area contributed by atoms with Gasteiger partial charge in [-0.05, 0) is 42.8 Å². The Morgan fingerprint density at radius 2 is 1.72 bits per heavy atom. The number of carbonyl (C=O) groups is 1. The van der Waals surface area contributed by atoms with Crippen molar-refractivity contribution in [2.75, 3.05) is 46.1 Å². The Bertz CT molecular complexity index is 904. The molecular formula is C23H30N2O4. The topological polar surface area (TPSA) is 74.0 Å². The van der Waals surface area contributed by atoms with Crippen LogP contribution in [0.3, 0.4) is 0 Å². The lowest BCUT2D eigenvalue weighted by atomic mass is 9.96. The van der Waals surface area contributed by atoms with Gasteiger partial charge in [0.05, 0.1) is 32.7 Å². The SMILES string of the molecule is CCC/C(=C\c1ccc(OC)c(OC)c1OC)C(=O)c1ccc(N(C)C)c(N)c1. The molecule has 0 aliphatic carbocycles. The lowest BCUT2D eigenvalue weighted by Gasteiger charge is -2.17. The molecule has 0 fully saturated rings. The summed E-state index contributed by atoms with van der Waals surface area (Å²) < 4.78 is 16.3. The van der Waals surface area contributed by atoms with Crippen LogP contribution in [0.25, 0.3) is 6.08 Å². The highest BCUT2D eigenvalue weighted by molar-refractivity contribution is 6.12. The zero-order valence-corrected chi connectivity index (χ0v) is 18.0. The van der Waals surface area contributed by atoms with Crippen LogP contribution in [0.5, 0.6) is 17.2 Å². The van der Waals surface area contributed by atoms with Crippen molar-refractivity contribution in [2.45, 2.75) is 19.8 Å². The summed E-state index contributed by atoms with van der Waals surface area (Å²) in [6.45, 7) is 2.04. The largest absolute Gasteiger partial charge is 0.493 e. The van der Waals surface area contributed by atoms with Gasteiger partial charge in [-0.15, -0.1) is 0 Å². The van der Waals surface area contributed by atoms with Crippen molar-refractivity contribution in [2.24, 2.45) is 0 Å². The third-order valence-corrected chi connectivity index (χ3v) is 4.65. The molecule has 2 aromatic rings. The van der Waals surface area contributed by atoms with E-state index in [1.807, 2.05) is 50.2 Å². The number of allylic oxidation sites excluding steroid dienone is 1. The fourth-order valence-corrected chi connectivity index (χ4v) is 3.23. The molecular weight excluding hydrogens is 368 g/mol. The maximum atomic E-state index is 13.2. The number of ether oxygens (including phenoxy) is 3. The van der Waals surface area contributed by atoms with Crippen LogP contribution in [0.4, 0.5) is 11.4 Å². The summed E-state index contributed by atoms with van der Waals surface area (Å²) in [5.41, 5.74) is 9.58. The minimum absolute atomic E-state index is 0.0549. The van der Waals surface area contributed by atoms with E-state index in [-0.39, 0.29) is 5.78 Å². The maximum Gasteiger partial charge on any atom is 0.203 e. The third kappa shape index (κ3) is 4.83. The third-order valence-electron chi connectivity index (χ3n) is 4.65. The highest BCUT2D eigenvalue weighted by atomic mass is 16.5. The summed E-state index contributed by atoms with van der Waals surface area (Å²) in [6.07, 6.45) is 3.31. The van der Waals surface area contributed by atoms with Gasteiger partial charge >= 0.3 is 0 Å². The van der Waals surface area contributed by atoms with Crippen LogP contribution in [0, 0.1) is 0 Å². The molecule has 0 saturated carbocycles. The number of hydrogen-bond acceptors (Lipinski definition) is 6. The highest BCUT2D eigenvalue weighted by Crippen LogP contribution is 2.41. The van der Waals surface area contributed by atoms with Crippen LogP contribution in [0.15, 0.2) is 35.9 Å². The van der Waals surface area contributed by atoms with Crippen molar-refractivity contribution in [1.82, 2.24) is 0 Å². The van der Waals surface area contributed by atoms with Gasteiger partial charge in [-0.2, -0.15) is 0 Å². The average molecular weight is 399 g/mol. The molecule has 156 valence electrons. The smallest absolute Gasteiger partial charge is 0.203 e. The molecule has 0 aliphatic rings. The van der Waals surface area contributed by atoms with E-state index in [1.54, 1.807) is 33.5 Å². The van der Waals surface area contributed by atoms with Crippen LogP contribution >= 0.6 is 0 Å². The van der Waals surface area contributed by atoms with Crippen LogP contribution in [-0.2, 0) is 0 Å². The second kappa shape index (κ2) is 9.87. The normalized spacial score (nSPS) is 11.2. The van der Waals surface area contributed by atoms with Gasteiger partial charge in [-0.1, -0.05) is 13.3 Å². The van der Waals surface area contributed by atoms with Gasteiger partial charge in [-0.3, -0.25) is 4.79 Å². The first kappa shape index (κ1) is 22.1. The molecule has 29 heavy (non-hydrogen) atoms. The molecule has 0 bridgehead atoms. The van der Waals surface area contributed by atoms with Crippen LogP contribution in [0.1, 0.15) is 35.7 Å². The summed E-state index contributed by atoms with van der Waals surface area (Å²) in [7, 11) is 8.52. The van der Waals surface area contributed by atoms with E-state index in [9.17, 15) is 4.79 Å². The molecule has 6 nitrogen and oxygen atoms in total. The minimum atomic E-state index is -0.0549. The van der Waals surface area contributed by atoms with Crippen molar-refractivity contribution in [1.29, 1.82) is 0 Å². The van der Waals surface area contributed by atoms with Crippen molar-refractivity contribution < 1.29 is 19.0 Å². The van der Waals surface area contributed by atoms with E-state index in [1.165, 1.54) is 0 Å². The quantitative estimate of drug-likeness (QED) is 0.383. The Labute approximate surface area is 172 Å². The standard InChI is InChI=1S/C23H30N2O4/c1-7-8-15(21(26)16-9-11-19(25(2)3)18(24)14-16)13-17-10-12-20(27-4)23(29-6)22(17)28-5/h9-14H,7-8,24H2,1-6H3/b15-13+. The molecule has 0 saturated heterocycles. The number of benzene rings is 2. The number of rotatable bonds is 9. The summed E-state index contributed by atoms with van der Waals surface area (Å²) >= 11 is 0. The first-order chi connectivity index (χ1) is 13.9. The van der Waals surface area contributed by atoms with E-state index >= 15 is 0 Å². The Hall–Kier alpha value is -3.15. The molecule has 2 N–H and O–H groups in total. The first-order valence-electron chi connectivity index (χ1n) is 9.48. The predicted molar refractivity (Wildman–Crippen MR) is 118 cm³/mol. The fraction of sp³-hybridized carbons (Fsp3) is 0.348. The maximum absolute atomic E-state index is 13.2. The zero-order valence-electron chi connectivity index (χ0n) is 18.0. The van der Waals surface area contributed by atoms with Crippen molar-refractivity contribution in [3.05, 3.63) is 47.0 Å². The van der Waals surface area contributed by atoms with Gasteiger partial charge in [0, 0.05) is 30.8 Å². The second-order valence-corrected chi connectivity index (χ2v) is 6.84. The van der Waals surface area contributed by atoms with E-state index in [0.717, 1.165) is 17.7 Å². The van der Waals surface area contributed by atoms with Gasteiger partial charge in [0.2, 0.25) is 5.75 Å². The molecule has 0 amide bonds. The van der Waals surface area contributed by atoms with E-state index < -0.39 is 0 Å². The number of ketones is 1. The number of nitrogen functional groups attached to an aromatic ring is 1. The minimum Gasteiger partial charge on any atom is -0.493 e. The van der Waals surface area contributed by atoms with E-state index in [2.05, 4.69) is 0 Å². The lowest BCUT2D eigenvalue weighted by Crippen LogP contribution is -2.12. The molecule has 2 aromatic carbocycles. The molecule has 0 spiro atoms. The van der Waals surface area contributed by atoms with E-state index in [0.29, 0.717) is 40.5 Å². The van der Waals surface area contributed by atoms with Crippen molar-refractivity contribution >= 4 is 23.2 Å². The van der Waals surface area contributed by atoms with Crippen LogP contribution in [-0.4, -0.2) is 41.2 Å². The number of anilines is 2. The number of methoxy groups -OCH3 is 3. The molecule has 0 aromatic heterocycles. The number of carbonyl (C=O) groups excluding carboxylic acids is 1. The Kier molecular flexibility index (Phi) is 7.53. The molecule has 6 heteroatoms. The molecule has 0 heterocycles. The summed E-state index contributed by atoms with van der Waals surface area (Å²) in [4.78, 5) is 15.1. The Balaban J connectivity index is 2.52. The summed E-state index contributed by atoms with van der Waals surface area (Å²) in [5.74, 6) is 1.53. The lowest BCUT2D eigenvalue weighted by molar-refractivity contribution is 0.103. The number of nitrogens with zero attached hydrogens (tertiary/aromatic N) is 1.